The molecule has 0 unspecified atom stereocenters. The Labute approximate surface area is 162 Å². The Balaban J connectivity index is 1.71. The molecule has 0 spiro atoms. The van der Waals surface area contributed by atoms with Crippen molar-refractivity contribution in [1.82, 2.24) is 4.90 Å². The summed E-state index contributed by atoms with van der Waals surface area (Å²) in [6.07, 6.45) is 5.39. The number of nitrogens with zero attached hydrogens (tertiary/aromatic N) is 3. The first-order valence-electron chi connectivity index (χ1n) is 8.66. The molecular weight excluding hydrogens is 362 g/mol. The van der Waals surface area contributed by atoms with E-state index in [1.165, 1.54) is 18.0 Å². The first-order chi connectivity index (χ1) is 13.2. The van der Waals surface area contributed by atoms with Gasteiger partial charge in [-0.25, -0.2) is 0 Å². The van der Waals surface area contributed by atoms with Crippen LogP contribution in [0.5, 0.6) is 5.75 Å². The van der Waals surface area contributed by atoms with Crippen molar-refractivity contribution in [1.29, 1.82) is 0 Å². The van der Waals surface area contributed by atoms with Gasteiger partial charge in [-0.3, -0.25) is 9.69 Å². The van der Waals surface area contributed by atoms with Crippen LogP contribution in [0, 0.1) is 0 Å². The van der Waals surface area contributed by atoms with Gasteiger partial charge in [0, 0.05) is 6.54 Å². The summed E-state index contributed by atoms with van der Waals surface area (Å²) in [7, 11) is 0. The minimum atomic E-state index is -0.236. The maximum Gasteiger partial charge on any atom is 0.242 e. The topological polar surface area (TPSA) is 67.4 Å². The Morgan fingerprint density at radius 3 is 2.81 bits per heavy atom. The third-order valence-electron chi connectivity index (χ3n) is 3.86. The fraction of sp³-hybridized carbons (Fsp3) is 0.250. The number of benzene rings is 1. The molecule has 1 aliphatic rings. The predicted octanol–water partition coefficient (Wildman–Crippen LogP) is 3.74. The Kier molecular flexibility index (Phi) is 6.49. The molecule has 0 N–H and O–H groups in total. The molecule has 6 nitrogen and oxygen atoms in total. The number of amides is 1. The number of hydrogen-bond acceptors (Lipinski definition) is 6. The number of ether oxygens (including phenoxy) is 1. The monoisotopic (exact) mass is 383 g/mol. The molecular formula is C20H21N3O3S. The van der Waals surface area contributed by atoms with Crippen LogP contribution in [0.25, 0.3) is 0 Å². The van der Waals surface area contributed by atoms with Gasteiger partial charge in [-0.1, -0.05) is 30.0 Å². The molecule has 3 rings (SSSR count). The molecule has 2 heterocycles. The van der Waals surface area contributed by atoms with Gasteiger partial charge in [0.05, 0.1) is 24.3 Å². The highest BCUT2D eigenvalue weighted by Crippen LogP contribution is 2.30. The van der Waals surface area contributed by atoms with E-state index in [2.05, 4.69) is 16.8 Å². The van der Waals surface area contributed by atoms with Crippen molar-refractivity contribution in [2.24, 2.45) is 10.2 Å². The van der Waals surface area contributed by atoms with Gasteiger partial charge in [0.1, 0.15) is 11.5 Å². The molecule has 0 bridgehead atoms. The van der Waals surface area contributed by atoms with Crippen molar-refractivity contribution >= 4 is 29.1 Å². The van der Waals surface area contributed by atoms with Gasteiger partial charge in [-0.05, 0) is 43.2 Å². The zero-order chi connectivity index (χ0) is 19.1. The Bertz CT molecular complexity index is 829. The van der Waals surface area contributed by atoms with Crippen LogP contribution in [-0.4, -0.2) is 40.6 Å². The molecule has 27 heavy (non-hydrogen) atoms. The molecule has 1 aromatic carbocycles. The lowest BCUT2D eigenvalue weighted by Gasteiger charge is -2.13. The van der Waals surface area contributed by atoms with Crippen molar-refractivity contribution in [2.75, 3.05) is 13.2 Å². The van der Waals surface area contributed by atoms with Gasteiger partial charge >= 0.3 is 0 Å². The standard InChI is InChI=1S/C20H21N3O3S/c1-3-11-23-19(24)18(13-15-7-9-16(10-8-15)25-4-2)27-20(23)22-21-14-17-6-5-12-26-17/h3,5-10,12,14,18H,1,4,11,13H2,2H3/b21-14-,22-20-/t18-/m1/s1. The predicted molar refractivity (Wildman–Crippen MR) is 108 cm³/mol. The van der Waals surface area contributed by atoms with E-state index < -0.39 is 0 Å². The van der Waals surface area contributed by atoms with E-state index in [-0.39, 0.29) is 11.2 Å². The van der Waals surface area contributed by atoms with Gasteiger partial charge in [0.25, 0.3) is 0 Å². The molecule has 1 amide bonds. The minimum absolute atomic E-state index is 0.0146. The molecule has 1 aromatic heterocycles. The molecule has 140 valence electrons. The third kappa shape index (κ3) is 4.89. The van der Waals surface area contributed by atoms with E-state index >= 15 is 0 Å². The number of carbonyl (C=O) groups is 1. The summed E-state index contributed by atoms with van der Waals surface area (Å²) in [5.41, 5.74) is 1.07. The van der Waals surface area contributed by atoms with Crippen molar-refractivity contribution in [3.8, 4) is 5.75 Å². The van der Waals surface area contributed by atoms with E-state index in [0.717, 1.165) is 11.3 Å². The second-order valence-electron chi connectivity index (χ2n) is 5.77. The first-order valence-corrected chi connectivity index (χ1v) is 9.54. The fourth-order valence-corrected chi connectivity index (χ4v) is 3.76. The smallest absolute Gasteiger partial charge is 0.242 e. The number of amidine groups is 1. The normalized spacial score (nSPS) is 18.6. The van der Waals surface area contributed by atoms with Gasteiger partial charge in [-0.2, -0.15) is 5.10 Å². The lowest BCUT2D eigenvalue weighted by Crippen LogP contribution is -2.32. The molecule has 2 aromatic rings. The lowest BCUT2D eigenvalue weighted by molar-refractivity contribution is -0.125. The summed E-state index contributed by atoms with van der Waals surface area (Å²) in [5, 5.41) is 8.58. The fourth-order valence-electron chi connectivity index (χ4n) is 2.62. The van der Waals surface area contributed by atoms with Gasteiger partial charge in [-0.15, -0.1) is 11.7 Å². The van der Waals surface area contributed by atoms with E-state index in [1.54, 1.807) is 29.4 Å². The van der Waals surface area contributed by atoms with E-state index in [4.69, 9.17) is 9.15 Å². The van der Waals surface area contributed by atoms with E-state index in [0.29, 0.717) is 30.5 Å². The Morgan fingerprint density at radius 1 is 1.33 bits per heavy atom. The van der Waals surface area contributed by atoms with Crippen LogP contribution in [0.2, 0.25) is 0 Å². The van der Waals surface area contributed by atoms with Crippen LogP contribution in [0.3, 0.4) is 0 Å². The van der Waals surface area contributed by atoms with Gasteiger partial charge < -0.3 is 9.15 Å². The third-order valence-corrected chi connectivity index (χ3v) is 5.02. The van der Waals surface area contributed by atoms with E-state index in [1.807, 2.05) is 31.2 Å². The molecule has 1 atom stereocenters. The minimum Gasteiger partial charge on any atom is -0.494 e. The number of thioether (sulfide) groups is 1. The second kappa shape index (κ2) is 9.23. The van der Waals surface area contributed by atoms with Crippen LogP contribution in [0.15, 0.2) is 69.9 Å². The van der Waals surface area contributed by atoms with Crippen LogP contribution in [0.4, 0.5) is 0 Å². The largest absolute Gasteiger partial charge is 0.494 e. The molecule has 1 aliphatic heterocycles. The Morgan fingerprint density at radius 2 is 2.15 bits per heavy atom. The first kappa shape index (κ1) is 19.0. The molecule has 0 aliphatic carbocycles. The Hall–Kier alpha value is -2.80. The summed E-state index contributed by atoms with van der Waals surface area (Å²) in [5.74, 6) is 1.45. The van der Waals surface area contributed by atoms with Crippen LogP contribution >= 0.6 is 11.8 Å². The number of hydrogen-bond donors (Lipinski definition) is 0. The van der Waals surface area contributed by atoms with Crippen molar-refractivity contribution < 1.29 is 13.9 Å². The zero-order valence-corrected chi connectivity index (χ0v) is 15.9. The highest BCUT2D eigenvalue weighted by Gasteiger charge is 2.37. The zero-order valence-electron chi connectivity index (χ0n) is 15.1. The number of carbonyl (C=O) groups excluding carboxylic acids is 1. The van der Waals surface area contributed by atoms with E-state index in [9.17, 15) is 4.79 Å². The number of furan rings is 1. The van der Waals surface area contributed by atoms with Crippen molar-refractivity contribution in [3.63, 3.8) is 0 Å². The highest BCUT2D eigenvalue weighted by molar-refractivity contribution is 8.15. The average molecular weight is 383 g/mol. The SMILES string of the molecule is C=CCN1C(=O)[C@@H](Cc2ccc(OCC)cc2)S/C1=N\N=C/c1ccco1. The maximum absolute atomic E-state index is 12.8. The lowest BCUT2D eigenvalue weighted by atomic mass is 10.1. The molecule has 0 saturated carbocycles. The summed E-state index contributed by atoms with van der Waals surface area (Å²) < 4.78 is 10.6. The summed E-state index contributed by atoms with van der Waals surface area (Å²) in [6, 6.07) is 11.4. The van der Waals surface area contributed by atoms with Crippen LogP contribution in [-0.2, 0) is 11.2 Å². The van der Waals surface area contributed by atoms with Gasteiger partial charge in [0.15, 0.2) is 5.17 Å². The second-order valence-corrected chi connectivity index (χ2v) is 6.94. The summed E-state index contributed by atoms with van der Waals surface area (Å²) >= 11 is 1.42. The van der Waals surface area contributed by atoms with Crippen molar-refractivity contribution in [3.05, 3.63) is 66.6 Å². The quantitative estimate of drug-likeness (QED) is 0.396. The molecule has 1 fully saturated rings. The summed E-state index contributed by atoms with van der Waals surface area (Å²) in [4.78, 5) is 14.4. The maximum atomic E-state index is 12.8. The number of rotatable bonds is 8. The van der Waals surface area contributed by atoms with Crippen LogP contribution < -0.4 is 4.74 Å². The molecule has 0 radical (unpaired) electrons. The summed E-state index contributed by atoms with van der Waals surface area (Å²) in [6.45, 7) is 6.71. The van der Waals surface area contributed by atoms with Crippen LogP contribution in [0.1, 0.15) is 18.2 Å². The average Bonchev–Trinajstić information content (AvgIpc) is 3.28. The molecule has 7 heteroatoms. The van der Waals surface area contributed by atoms with Crippen molar-refractivity contribution in [2.45, 2.75) is 18.6 Å². The highest BCUT2D eigenvalue weighted by atomic mass is 32.2. The van der Waals surface area contributed by atoms with Gasteiger partial charge in [0.2, 0.25) is 5.91 Å². The molecule has 1 saturated heterocycles.